The van der Waals surface area contributed by atoms with Gasteiger partial charge in [0, 0.05) is 29.1 Å². The monoisotopic (exact) mass is 379 g/mol. The van der Waals surface area contributed by atoms with Crippen molar-refractivity contribution in [2.45, 2.75) is 19.4 Å². The van der Waals surface area contributed by atoms with Crippen LogP contribution in [0.5, 0.6) is 11.5 Å². The Kier molecular flexibility index (Phi) is 5.11. The standard InChI is InChI=1S/C19H19Cl2NO3/c1-11(23)22-7-6-16-15(4-5-17(24-2)19(16)25-3)18(22)12-8-13(20)10-14(21)9-12/h4-5,8-10,18H,6-7H2,1-3H3. The summed E-state index contributed by atoms with van der Waals surface area (Å²) in [5, 5.41) is 1.08. The second kappa shape index (κ2) is 7.14. The van der Waals surface area contributed by atoms with Crippen LogP contribution in [-0.2, 0) is 11.2 Å². The summed E-state index contributed by atoms with van der Waals surface area (Å²) < 4.78 is 11.0. The fourth-order valence-corrected chi connectivity index (χ4v) is 4.02. The smallest absolute Gasteiger partial charge is 0.220 e. The largest absolute Gasteiger partial charge is 0.493 e. The highest BCUT2D eigenvalue weighted by atomic mass is 35.5. The third-order valence-corrected chi connectivity index (χ3v) is 4.94. The number of hydrogen-bond donors (Lipinski definition) is 0. The van der Waals surface area contributed by atoms with Crippen molar-refractivity contribution in [3.05, 3.63) is 57.1 Å². The number of ether oxygens (including phenoxy) is 2. The minimum absolute atomic E-state index is 0.00142. The molecule has 3 rings (SSSR count). The van der Waals surface area contributed by atoms with Crippen LogP contribution >= 0.6 is 23.2 Å². The average molecular weight is 380 g/mol. The van der Waals surface area contributed by atoms with E-state index in [9.17, 15) is 4.79 Å². The summed E-state index contributed by atoms with van der Waals surface area (Å²) in [7, 11) is 3.24. The quantitative estimate of drug-likeness (QED) is 0.787. The molecule has 0 aromatic heterocycles. The molecule has 0 bridgehead atoms. The van der Waals surface area contributed by atoms with Crippen LogP contribution in [-0.4, -0.2) is 31.6 Å². The van der Waals surface area contributed by atoms with Crippen molar-refractivity contribution < 1.29 is 14.3 Å². The first-order valence-electron chi connectivity index (χ1n) is 7.93. The van der Waals surface area contributed by atoms with Crippen molar-refractivity contribution in [3.8, 4) is 11.5 Å². The number of carbonyl (C=O) groups excluding carboxylic acids is 1. The van der Waals surface area contributed by atoms with E-state index in [1.54, 1.807) is 27.2 Å². The van der Waals surface area contributed by atoms with Crippen LogP contribution in [0.4, 0.5) is 0 Å². The average Bonchev–Trinajstić information content (AvgIpc) is 2.58. The van der Waals surface area contributed by atoms with E-state index in [0.717, 1.165) is 16.7 Å². The predicted molar refractivity (Wildman–Crippen MR) is 98.9 cm³/mol. The molecule has 132 valence electrons. The number of fused-ring (bicyclic) bond motifs is 1. The van der Waals surface area contributed by atoms with Gasteiger partial charge in [-0.3, -0.25) is 4.79 Å². The minimum atomic E-state index is -0.266. The molecular formula is C19H19Cl2NO3. The van der Waals surface area contributed by atoms with Crippen LogP contribution in [0.3, 0.4) is 0 Å². The highest BCUT2D eigenvalue weighted by molar-refractivity contribution is 6.34. The van der Waals surface area contributed by atoms with Gasteiger partial charge in [0.25, 0.3) is 0 Å². The maximum Gasteiger partial charge on any atom is 0.220 e. The second-order valence-electron chi connectivity index (χ2n) is 5.94. The Morgan fingerprint density at radius 2 is 1.80 bits per heavy atom. The van der Waals surface area contributed by atoms with Crippen molar-refractivity contribution in [2.75, 3.05) is 20.8 Å². The summed E-state index contributed by atoms with van der Waals surface area (Å²) in [5.74, 6) is 1.39. The van der Waals surface area contributed by atoms with E-state index in [1.807, 2.05) is 29.2 Å². The predicted octanol–water partition coefficient (Wildman–Crippen LogP) is 4.50. The van der Waals surface area contributed by atoms with Gasteiger partial charge in [-0.05, 0) is 41.8 Å². The van der Waals surface area contributed by atoms with Gasteiger partial charge >= 0.3 is 0 Å². The number of methoxy groups -OCH3 is 2. The minimum Gasteiger partial charge on any atom is -0.493 e. The molecule has 2 aromatic rings. The van der Waals surface area contributed by atoms with Gasteiger partial charge in [0.2, 0.25) is 5.91 Å². The summed E-state index contributed by atoms with van der Waals surface area (Å²) >= 11 is 12.4. The number of benzene rings is 2. The van der Waals surface area contributed by atoms with E-state index in [0.29, 0.717) is 34.5 Å². The highest BCUT2D eigenvalue weighted by Crippen LogP contribution is 2.43. The molecule has 6 heteroatoms. The third kappa shape index (κ3) is 3.29. The number of nitrogens with zero attached hydrogens (tertiary/aromatic N) is 1. The molecular weight excluding hydrogens is 361 g/mol. The van der Waals surface area contributed by atoms with Crippen LogP contribution < -0.4 is 9.47 Å². The van der Waals surface area contributed by atoms with E-state index >= 15 is 0 Å². The molecule has 0 saturated carbocycles. The van der Waals surface area contributed by atoms with E-state index < -0.39 is 0 Å². The van der Waals surface area contributed by atoms with E-state index in [2.05, 4.69) is 0 Å². The summed E-state index contributed by atoms with van der Waals surface area (Å²) in [4.78, 5) is 14.1. The Balaban J connectivity index is 2.22. The van der Waals surface area contributed by atoms with Gasteiger partial charge in [0.05, 0.1) is 20.3 Å². The molecule has 0 aliphatic carbocycles. The van der Waals surface area contributed by atoms with Gasteiger partial charge in [-0.2, -0.15) is 0 Å². The van der Waals surface area contributed by atoms with E-state index in [1.165, 1.54) is 0 Å². The van der Waals surface area contributed by atoms with Crippen LogP contribution in [0, 0.1) is 0 Å². The Hall–Kier alpha value is -1.91. The first-order valence-corrected chi connectivity index (χ1v) is 8.68. The van der Waals surface area contributed by atoms with E-state index in [4.69, 9.17) is 32.7 Å². The summed E-state index contributed by atoms with van der Waals surface area (Å²) in [6.07, 6.45) is 0.695. The molecule has 1 unspecified atom stereocenters. The topological polar surface area (TPSA) is 38.8 Å². The fraction of sp³-hybridized carbons (Fsp3) is 0.316. The number of rotatable bonds is 3. The molecule has 1 atom stereocenters. The summed E-state index contributed by atoms with van der Waals surface area (Å²) in [6, 6.07) is 8.95. The molecule has 25 heavy (non-hydrogen) atoms. The molecule has 1 heterocycles. The normalized spacial score (nSPS) is 16.4. The van der Waals surface area contributed by atoms with Crippen molar-refractivity contribution in [2.24, 2.45) is 0 Å². The molecule has 0 saturated heterocycles. The summed E-state index contributed by atoms with van der Waals surface area (Å²) in [5.41, 5.74) is 2.92. The lowest BCUT2D eigenvalue weighted by Crippen LogP contribution is -2.39. The maximum atomic E-state index is 12.2. The van der Waals surface area contributed by atoms with Crippen molar-refractivity contribution in [1.82, 2.24) is 4.90 Å². The zero-order valence-corrected chi connectivity index (χ0v) is 15.8. The van der Waals surface area contributed by atoms with Gasteiger partial charge in [-0.1, -0.05) is 29.3 Å². The van der Waals surface area contributed by atoms with Gasteiger partial charge in [0.1, 0.15) is 0 Å². The Bertz CT molecular complexity index is 802. The first-order chi connectivity index (χ1) is 12.0. The van der Waals surface area contributed by atoms with E-state index in [-0.39, 0.29) is 11.9 Å². The number of halogens is 2. The maximum absolute atomic E-state index is 12.2. The molecule has 0 spiro atoms. The van der Waals surface area contributed by atoms with Crippen molar-refractivity contribution >= 4 is 29.1 Å². The molecule has 1 amide bonds. The zero-order chi connectivity index (χ0) is 18.1. The lowest BCUT2D eigenvalue weighted by molar-refractivity contribution is -0.130. The molecule has 1 aliphatic heterocycles. The van der Waals surface area contributed by atoms with Crippen LogP contribution in [0.2, 0.25) is 10.0 Å². The molecule has 2 aromatic carbocycles. The Labute approximate surface area is 157 Å². The zero-order valence-electron chi connectivity index (χ0n) is 14.3. The SMILES string of the molecule is COc1ccc2c(c1OC)CCN(C(C)=O)C2c1cc(Cl)cc(Cl)c1. The second-order valence-corrected chi connectivity index (χ2v) is 6.81. The molecule has 1 aliphatic rings. The first kappa shape index (κ1) is 17.9. The fourth-order valence-electron chi connectivity index (χ4n) is 3.48. The van der Waals surface area contributed by atoms with Gasteiger partial charge in [-0.25, -0.2) is 0 Å². The van der Waals surface area contributed by atoms with Crippen LogP contribution in [0.25, 0.3) is 0 Å². The lowest BCUT2D eigenvalue weighted by atomic mass is 9.87. The third-order valence-electron chi connectivity index (χ3n) is 4.50. The molecule has 0 N–H and O–H groups in total. The van der Waals surface area contributed by atoms with Gasteiger partial charge in [-0.15, -0.1) is 0 Å². The number of amides is 1. The molecule has 0 radical (unpaired) electrons. The molecule has 4 nitrogen and oxygen atoms in total. The Morgan fingerprint density at radius 3 is 2.36 bits per heavy atom. The van der Waals surface area contributed by atoms with Crippen LogP contribution in [0.15, 0.2) is 30.3 Å². The lowest BCUT2D eigenvalue weighted by Gasteiger charge is -2.38. The van der Waals surface area contributed by atoms with Crippen molar-refractivity contribution in [1.29, 1.82) is 0 Å². The molecule has 0 fully saturated rings. The van der Waals surface area contributed by atoms with Crippen molar-refractivity contribution in [3.63, 3.8) is 0 Å². The van der Waals surface area contributed by atoms with Gasteiger partial charge < -0.3 is 14.4 Å². The Morgan fingerprint density at radius 1 is 1.12 bits per heavy atom. The number of carbonyl (C=O) groups is 1. The summed E-state index contributed by atoms with van der Waals surface area (Å²) in [6.45, 7) is 2.16. The van der Waals surface area contributed by atoms with Gasteiger partial charge in [0.15, 0.2) is 11.5 Å². The number of hydrogen-bond acceptors (Lipinski definition) is 3. The van der Waals surface area contributed by atoms with Crippen LogP contribution in [0.1, 0.15) is 29.7 Å². The highest BCUT2D eigenvalue weighted by Gasteiger charge is 2.33.